The SMILES string of the molecule is Nc1ccc2c(c1)C(C=O)NN=C2Cc1ccsc1. The Bertz CT molecular complexity index is 634. The van der Waals surface area contributed by atoms with E-state index in [2.05, 4.69) is 22.0 Å². The van der Waals surface area contributed by atoms with Gasteiger partial charge in [0.2, 0.25) is 0 Å². The monoisotopic (exact) mass is 271 g/mol. The summed E-state index contributed by atoms with van der Waals surface area (Å²) in [4.78, 5) is 11.1. The number of nitrogens with two attached hydrogens (primary N) is 1. The quantitative estimate of drug-likeness (QED) is 0.663. The lowest BCUT2D eigenvalue weighted by molar-refractivity contribution is -0.109. The van der Waals surface area contributed by atoms with Crippen LogP contribution in [0.25, 0.3) is 0 Å². The Hall–Kier alpha value is -2.14. The van der Waals surface area contributed by atoms with E-state index in [0.29, 0.717) is 5.69 Å². The summed E-state index contributed by atoms with van der Waals surface area (Å²) in [6, 6.07) is 7.28. The van der Waals surface area contributed by atoms with Crippen LogP contribution >= 0.6 is 11.3 Å². The molecule has 4 nitrogen and oxygen atoms in total. The van der Waals surface area contributed by atoms with Gasteiger partial charge in [0.1, 0.15) is 12.3 Å². The number of benzene rings is 1. The summed E-state index contributed by atoms with van der Waals surface area (Å²) >= 11 is 1.67. The molecule has 0 fully saturated rings. The average Bonchev–Trinajstić information content (AvgIpc) is 2.91. The largest absolute Gasteiger partial charge is 0.399 e. The minimum absolute atomic E-state index is 0.412. The third-order valence-corrected chi connectivity index (χ3v) is 3.88. The number of hydrazone groups is 1. The fourth-order valence-electron chi connectivity index (χ4n) is 2.20. The number of anilines is 1. The molecule has 0 spiro atoms. The molecule has 1 unspecified atom stereocenters. The molecule has 0 aliphatic carbocycles. The van der Waals surface area contributed by atoms with E-state index in [1.54, 1.807) is 11.3 Å². The van der Waals surface area contributed by atoms with Gasteiger partial charge in [-0.15, -0.1) is 0 Å². The molecule has 2 aromatic rings. The fraction of sp³-hybridized carbons (Fsp3) is 0.143. The van der Waals surface area contributed by atoms with Crippen molar-refractivity contribution >= 4 is 29.0 Å². The van der Waals surface area contributed by atoms with Gasteiger partial charge >= 0.3 is 0 Å². The van der Waals surface area contributed by atoms with Crippen molar-refractivity contribution in [1.29, 1.82) is 0 Å². The molecule has 0 saturated carbocycles. The first-order valence-electron chi connectivity index (χ1n) is 5.96. The van der Waals surface area contributed by atoms with Crippen LogP contribution in [-0.2, 0) is 11.2 Å². The summed E-state index contributed by atoms with van der Waals surface area (Å²) in [5.41, 5.74) is 13.4. The number of hydrogen-bond acceptors (Lipinski definition) is 5. The normalized spacial score (nSPS) is 17.3. The Morgan fingerprint density at radius 1 is 1.42 bits per heavy atom. The van der Waals surface area contributed by atoms with Crippen LogP contribution in [0.1, 0.15) is 22.7 Å². The van der Waals surface area contributed by atoms with Gasteiger partial charge in [0, 0.05) is 17.7 Å². The first-order valence-corrected chi connectivity index (χ1v) is 6.90. The Balaban J connectivity index is 2.00. The molecular weight excluding hydrogens is 258 g/mol. The zero-order chi connectivity index (χ0) is 13.2. The number of nitrogens with one attached hydrogen (secondary N) is 1. The van der Waals surface area contributed by atoms with Crippen molar-refractivity contribution in [2.75, 3.05) is 5.73 Å². The highest BCUT2D eigenvalue weighted by Crippen LogP contribution is 2.25. The molecule has 2 heterocycles. The maximum absolute atomic E-state index is 11.1. The zero-order valence-electron chi connectivity index (χ0n) is 10.2. The molecule has 5 heteroatoms. The van der Waals surface area contributed by atoms with Crippen molar-refractivity contribution in [2.24, 2.45) is 5.10 Å². The van der Waals surface area contributed by atoms with E-state index in [9.17, 15) is 4.79 Å². The molecule has 1 aromatic carbocycles. The van der Waals surface area contributed by atoms with Crippen LogP contribution in [0.3, 0.4) is 0 Å². The van der Waals surface area contributed by atoms with Crippen LogP contribution in [-0.4, -0.2) is 12.0 Å². The molecule has 19 heavy (non-hydrogen) atoms. The number of aldehydes is 1. The van der Waals surface area contributed by atoms with Crippen LogP contribution in [0.2, 0.25) is 0 Å². The van der Waals surface area contributed by atoms with Crippen LogP contribution in [0.5, 0.6) is 0 Å². The smallest absolute Gasteiger partial charge is 0.148 e. The van der Waals surface area contributed by atoms with Gasteiger partial charge in [0.15, 0.2) is 0 Å². The first-order chi connectivity index (χ1) is 9.28. The maximum atomic E-state index is 11.1. The molecule has 0 amide bonds. The van der Waals surface area contributed by atoms with Gasteiger partial charge in [0.05, 0.1) is 5.71 Å². The topological polar surface area (TPSA) is 67.5 Å². The highest BCUT2D eigenvalue weighted by Gasteiger charge is 2.22. The predicted octanol–water partition coefficient (Wildman–Crippen LogP) is 2.12. The van der Waals surface area contributed by atoms with Crippen molar-refractivity contribution in [3.8, 4) is 0 Å². The summed E-state index contributed by atoms with van der Waals surface area (Å²) in [6.45, 7) is 0. The Morgan fingerprint density at radius 2 is 2.32 bits per heavy atom. The highest BCUT2D eigenvalue weighted by atomic mass is 32.1. The molecule has 3 N–H and O–H groups in total. The van der Waals surface area contributed by atoms with E-state index < -0.39 is 6.04 Å². The molecule has 1 aliphatic rings. The van der Waals surface area contributed by atoms with Crippen molar-refractivity contribution in [2.45, 2.75) is 12.5 Å². The van der Waals surface area contributed by atoms with E-state index in [-0.39, 0.29) is 0 Å². The third kappa shape index (κ3) is 2.24. The van der Waals surface area contributed by atoms with E-state index in [0.717, 1.165) is 29.5 Å². The standard InChI is InChI=1S/C14H13N3OS/c15-10-1-2-11-12(6-10)14(7-18)17-16-13(11)5-9-3-4-19-8-9/h1-4,6-8,14,17H,5,15H2. The van der Waals surface area contributed by atoms with Gasteiger partial charge < -0.3 is 10.5 Å². The van der Waals surface area contributed by atoms with E-state index >= 15 is 0 Å². The Kier molecular flexibility index (Phi) is 3.05. The van der Waals surface area contributed by atoms with Crippen LogP contribution in [0, 0.1) is 0 Å². The second-order valence-corrected chi connectivity index (χ2v) is 5.24. The van der Waals surface area contributed by atoms with Crippen molar-refractivity contribution in [3.05, 3.63) is 51.7 Å². The third-order valence-electron chi connectivity index (χ3n) is 3.15. The lowest BCUT2D eigenvalue weighted by Gasteiger charge is -2.22. The minimum atomic E-state index is -0.412. The number of nitrogens with zero attached hydrogens (tertiary/aromatic N) is 1. The molecule has 0 radical (unpaired) electrons. The lowest BCUT2D eigenvalue weighted by atomic mass is 9.93. The number of carbonyl (C=O) groups is 1. The number of hydrogen-bond donors (Lipinski definition) is 2. The average molecular weight is 271 g/mol. The van der Waals surface area contributed by atoms with E-state index in [1.807, 2.05) is 23.6 Å². The van der Waals surface area contributed by atoms with Crippen molar-refractivity contribution in [3.63, 3.8) is 0 Å². The van der Waals surface area contributed by atoms with Gasteiger partial charge in [-0.2, -0.15) is 16.4 Å². The number of fused-ring (bicyclic) bond motifs is 1. The molecule has 1 aromatic heterocycles. The molecule has 1 atom stereocenters. The number of carbonyl (C=O) groups excluding carboxylic acids is 1. The summed E-state index contributed by atoms with van der Waals surface area (Å²) in [6.07, 6.45) is 1.60. The van der Waals surface area contributed by atoms with Crippen LogP contribution in [0.15, 0.2) is 40.1 Å². The second kappa shape index (κ2) is 4.85. The summed E-state index contributed by atoms with van der Waals surface area (Å²) in [5.74, 6) is 0. The van der Waals surface area contributed by atoms with Crippen molar-refractivity contribution < 1.29 is 4.79 Å². The van der Waals surface area contributed by atoms with Crippen LogP contribution in [0.4, 0.5) is 5.69 Å². The Morgan fingerprint density at radius 3 is 3.05 bits per heavy atom. The van der Waals surface area contributed by atoms with E-state index in [1.165, 1.54) is 5.56 Å². The predicted molar refractivity (Wildman–Crippen MR) is 77.4 cm³/mol. The first kappa shape index (κ1) is 11.9. The molecule has 0 saturated heterocycles. The molecule has 96 valence electrons. The maximum Gasteiger partial charge on any atom is 0.148 e. The number of thiophene rings is 1. The molecule has 0 bridgehead atoms. The van der Waals surface area contributed by atoms with Gasteiger partial charge in [-0.25, -0.2) is 0 Å². The van der Waals surface area contributed by atoms with E-state index in [4.69, 9.17) is 5.73 Å². The Labute approximate surface area is 114 Å². The lowest BCUT2D eigenvalue weighted by Crippen LogP contribution is -2.28. The van der Waals surface area contributed by atoms with Crippen LogP contribution < -0.4 is 11.2 Å². The number of rotatable bonds is 3. The van der Waals surface area contributed by atoms with Gasteiger partial charge in [0.25, 0.3) is 0 Å². The zero-order valence-corrected chi connectivity index (χ0v) is 11.0. The molecule has 3 rings (SSSR count). The fourth-order valence-corrected chi connectivity index (χ4v) is 2.87. The summed E-state index contributed by atoms with van der Waals surface area (Å²) < 4.78 is 0. The van der Waals surface area contributed by atoms with Gasteiger partial charge in [-0.05, 0) is 40.1 Å². The number of nitrogen functional groups attached to an aromatic ring is 1. The highest BCUT2D eigenvalue weighted by molar-refractivity contribution is 7.08. The minimum Gasteiger partial charge on any atom is -0.399 e. The van der Waals surface area contributed by atoms with Gasteiger partial charge in [-0.3, -0.25) is 5.43 Å². The van der Waals surface area contributed by atoms with Crippen molar-refractivity contribution in [1.82, 2.24) is 5.43 Å². The van der Waals surface area contributed by atoms with Gasteiger partial charge in [-0.1, -0.05) is 6.07 Å². The molecular formula is C14H13N3OS. The second-order valence-electron chi connectivity index (χ2n) is 4.46. The summed E-state index contributed by atoms with van der Waals surface area (Å²) in [5, 5.41) is 8.48. The summed E-state index contributed by atoms with van der Waals surface area (Å²) in [7, 11) is 0. The molecule has 1 aliphatic heterocycles.